The maximum Gasteiger partial charge on any atom is 0.219 e. The van der Waals surface area contributed by atoms with Gasteiger partial charge in [0.15, 0.2) is 0 Å². The van der Waals surface area contributed by atoms with Crippen molar-refractivity contribution in [1.29, 1.82) is 0 Å². The van der Waals surface area contributed by atoms with Gasteiger partial charge in [-0.25, -0.2) is 0 Å². The predicted molar refractivity (Wildman–Crippen MR) is 87.8 cm³/mol. The van der Waals surface area contributed by atoms with Crippen molar-refractivity contribution in [2.24, 2.45) is 5.73 Å². The molecular formula is C17H36N2O. The first-order chi connectivity index (χ1) is 9.81. The Morgan fingerprint density at radius 2 is 1.35 bits per heavy atom. The van der Waals surface area contributed by atoms with Crippen LogP contribution < -0.4 is 11.1 Å². The Morgan fingerprint density at radius 3 is 2.00 bits per heavy atom. The van der Waals surface area contributed by atoms with Crippen LogP contribution in [0.2, 0.25) is 0 Å². The van der Waals surface area contributed by atoms with E-state index in [1.165, 1.54) is 57.8 Å². The van der Waals surface area contributed by atoms with Crippen LogP contribution in [0.25, 0.3) is 0 Å². The smallest absolute Gasteiger partial charge is 0.219 e. The summed E-state index contributed by atoms with van der Waals surface area (Å²) in [5.74, 6) is 0.240. The largest absolute Gasteiger partial charge is 0.356 e. The summed E-state index contributed by atoms with van der Waals surface area (Å²) < 4.78 is 0. The zero-order valence-corrected chi connectivity index (χ0v) is 13.6. The van der Waals surface area contributed by atoms with Crippen LogP contribution in [0.1, 0.15) is 90.4 Å². The van der Waals surface area contributed by atoms with Crippen molar-refractivity contribution in [2.75, 3.05) is 13.1 Å². The van der Waals surface area contributed by atoms with Gasteiger partial charge in [0.1, 0.15) is 0 Å². The van der Waals surface area contributed by atoms with Gasteiger partial charge in [-0.2, -0.15) is 0 Å². The highest BCUT2D eigenvalue weighted by atomic mass is 16.1. The number of rotatable bonds is 15. The highest BCUT2D eigenvalue weighted by Gasteiger charge is 2.00. The second-order valence-corrected chi connectivity index (χ2v) is 5.78. The second-order valence-electron chi connectivity index (χ2n) is 5.78. The number of carbonyl (C=O) groups is 1. The number of nitrogens with one attached hydrogen (secondary N) is 1. The molecule has 1 amide bonds. The molecule has 3 nitrogen and oxygen atoms in total. The van der Waals surface area contributed by atoms with Gasteiger partial charge in [0, 0.05) is 13.0 Å². The number of nitrogens with two attached hydrogens (primary N) is 1. The second kappa shape index (κ2) is 16.5. The van der Waals surface area contributed by atoms with Gasteiger partial charge in [-0.3, -0.25) is 4.79 Å². The number of hydrogen-bond acceptors (Lipinski definition) is 2. The van der Waals surface area contributed by atoms with E-state index in [-0.39, 0.29) is 5.91 Å². The normalized spacial score (nSPS) is 10.7. The highest BCUT2D eigenvalue weighted by molar-refractivity contribution is 5.75. The minimum atomic E-state index is 0.240. The lowest BCUT2D eigenvalue weighted by molar-refractivity contribution is -0.121. The lowest BCUT2D eigenvalue weighted by atomic mass is 10.1. The maximum atomic E-state index is 11.6. The Kier molecular flexibility index (Phi) is 16.0. The fourth-order valence-electron chi connectivity index (χ4n) is 2.36. The van der Waals surface area contributed by atoms with Gasteiger partial charge < -0.3 is 11.1 Å². The summed E-state index contributed by atoms with van der Waals surface area (Å²) in [4.78, 5) is 11.6. The number of hydrogen-bond donors (Lipinski definition) is 2. The number of carbonyl (C=O) groups excluding carboxylic acids is 1. The molecule has 3 N–H and O–H groups in total. The van der Waals surface area contributed by atoms with Crippen molar-refractivity contribution in [1.82, 2.24) is 5.32 Å². The minimum absolute atomic E-state index is 0.240. The molecule has 0 aromatic rings. The molecule has 0 aromatic heterocycles. The van der Waals surface area contributed by atoms with Gasteiger partial charge in [0.05, 0.1) is 0 Å². The molecule has 0 saturated heterocycles. The van der Waals surface area contributed by atoms with Crippen LogP contribution in [0.15, 0.2) is 0 Å². The van der Waals surface area contributed by atoms with Crippen LogP contribution in [0.5, 0.6) is 0 Å². The van der Waals surface area contributed by atoms with Crippen molar-refractivity contribution < 1.29 is 4.79 Å². The van der Waals surface area contributed by atoms with E-state index in [4.69, 9.17) is 5.73 Å². The molecule has 0 spiro atoms. The van der Waals surface area contributed by atoms with Gasteiger partial charge in [-0.1, -0.05) is 64.7 Å². The van der Waals surface area contributed by atoms with Gasteiger partial charge in [-0.05, 0) is 25.8 Å². The lowest BCUT2D eigenvalue weighted by Gasteiger charge is -2.05. The van der Waals surface area contributed by atoms with E-state index in [2.05, 4.69) is 12.2 Å². The molecule has 120 valence electrons. The fraction of sp³-hybridized carbons (Fsp3) is 0.941. The van der Waals surface area contributed by atoms with Crippen LogP contribution in [-0.4, -0.2) is 19.0 Å². The van der Waals surface area contributed by atoms with E-state index in [0.29, 0.717) is 6.42 Å². The number of unbranched alkanes of at least 4 members (excludes halogenated alkanes) is 10. The third-order valence-electron chi connectivity index (χ3n) is 3.71. The fourth-order valence-corrected chi connectivity index (χ4v) is 2.36. The molecule has 0 atom stereocenters. The zero-order valence-electron chi connectivity index (χ0n) is 13.6. The Bertz CT molecular complexity index is 207. The summed E-state index contributed by atoms with van der Waals surface area (Å²) >= 11 is 0. The average Bonchev–Trinajstić information content (AvgIpc) is 2.45. The van der Waals surface area contributed by atoms with E-state index in [0.717, 1.165) is 32.4 Å². The molecule has 0 heterocycles. The first kappa shape index (κ1) is 19.4. The predicted octanol–water partition coefficient (Wildman–Crippen LogP) is 4.15. The van der Waals surface area contributed by atoms with E-state index in [9.17, 15) is 4.79 Å². The Labute approximate surface area is 126 Å². The standard InChI is InChI=1S/C17H36N2O/c1-2-3-4-8-11-14-17(20)19-16-13-10-7-5-6-9-12-15-18/h2-16,18H2,1H3,(H,19,20). The summed E-state index contributed by atoms with van der Waals surface area (Å²) in [5.41, 5.74) is 5.46. The molecule has 0 fully saturated rings. The third-order valence-corrected chi connectivity index (χ3v) is 3.71. The molecule has 0 aliphatic rings. The molecule has 3 heteroatoms. The third kappa shape index (κ3) is 15.5. The van der Waals surface area contributed by atoms with E-state index < -0.39 is 0 Å². The van der Waals surface area contributed by atoms with Crippen LogP contribution >= 0.6 is 0 Å². The molecule has 0 saturated carbocycles. The topological polar surface area (TPSA) is 55.1 Å². The van der Waals surface area contributed by atoms with Crippen molar-refractivity contribution in [3.05, 3.63) is 0 Å². The van der Waals surface area contributed by atoms with Crippen LogP contribution in [-0.2, 0) is 4.79 Å². The molecular weight excluding hydrogens is 248 g/mol. The average molecular weight is 284 g/mol. The van der Waals surface area contributed by atoms with E-state index >= 15 is 0 Å². The first-order valence-electron chi connectivity index (χ1n) is 8.78. The molecule has 0 rings (SSSR count). The van der Waals surface area contributed by atoms with E-state index in [1.54, 1.807) is 0 Å². The quantitative estimate of drug-likeness (QED) is 0.444. The van der Waals surface area contributed by atoms with Gasteiger partial charge in [-0.15, -0.1) is 0 Å². The summed E-state index contributed by atoms with van der Waals surface area (Å²) in [6.07, 6.45) is 15.5. The molecule has 0 aliphatic carbocycles. The first-order valence-corrected chi connectivity index (χ1v) is 8.78. The Balaban J connectivity index is 3.11. The SMILES string of the molecule is CCCCCCCC(=O)NCCCCCCCCCN. The summed E-state index contributed by atoms with van der Waals surface area (Å²) in [6, 6.07) is 0. The Hall–Kier alpha value is -0.570. The lowest BCUT2D eigenvalue weighted by Crippen LogP contribution is -2.23. The van der Waals surface area contributed by atoms with Gasteiger partial charge in [0.2, 0.25) is 5.91 Å². The minimum Gasteiger partial charge on any atom is -0.356 e. The van der Waals surface area contributed by atoms with Crippen LogP contribution in [0.3, 0.4) is 0 Å². The molecule has 0 aliphatic heterocycles. The number of amides is 1. The molecule has 0 aromatic carbocycles. The summed E-state index contributed by atoms with van der Waals surface area (Å²) in [6.45, 7) is 3.89. The molecule has 0 radical (unpaired) electrons. The molecule has 0 unspecified atom stereocenters. The van der Waals surface area contributed by atoms with Crippen molar-refractivity contribution in [3.63, 3.8) is 0 Å². The van der Waals surface area contributed by atoms with E-state index in [1.807, 2.05) is 0 Å². The Morgan fingerprint density at radius 1 is 0.800 bits per heavy atom. The van der Waals surface area contributed by atoms with Crippen molar-refractivity contribution in [3.8, 4) is 0 Å². The molecule has 0 bridgehead atoms. The summed E-state index contributed by atoms with van der Waals surface area (Å²) in [7, 11) is 0. The van der Waals surface area contributed by atoms with Crippen LogP contribution in [0, 0.1) is 0 Å². The maximum absolute atomic E-state index is 11.6. The zero-order chi connectivity index (χ0) is 14.9. The highest BCUT2D eigenvalue weighted by Crippen LogP contribution is 2.07. The monoisotopic (exact) mass is 284 g/mol. The van der Waals surface area contributed by atoms with Crippen molar-refractivity contribution in [2.45, 2.75) is 90.4 Å². The van der Waals surface area contributed by atoms with Crippen molar-refractivity contribution >= 4 is 5.91 Å². The molecule has 20 heavy (non-hydrogen) atoms. The van der Waals surface area contributed by atoms with Crippen LogP contribution in [0.4, 0.5) is 0 Å². The van der Waals surface area contributed by atoms with Gasteiger partial charge >= 0.3 is 0 Å². The summed E-state index contributed by atoms with van der Waals surface area (Å²) in [5, 5.41) is 3.03. The van der Waals surface area contributed by atoms with Gasteiger partial charge in [0.25, 0.3) is 0 Å².